The van der Waals surface area contributed by atoms with Crippen molar-refractivity contribution in [2.45, 2.75) is 13.0 Å². The molecular formula is C14H12ClF2N. The zero-order chi connectivity index (χ0) is 13.1. The predicted octanol–water partition coefficient (Wildman–Crippen LogP) is 4.79. The zero-order valence-electron chi connectivity index (χ0n) is 9.75. The molecule has 0 bridgehead atoms. The summed E-state index contributed by atoms with van der Waals surface area (Å²) in [5, 5.41) is 3.17. The fourth-order valence-corrected chi connectivity index (χ4v) is 1.81. The van der Waals surface area contributed by atoms with Gasteiger partial charge in [-0.3, -0.25) is 0 Å². The molecule has 2 aromatic rings. The number of hydrogen-bond acceptors (Lipinski definition) is 1. The molecule has 0 heterocycles. The second kappa shape index (κ2) is 5.36. The van der Waals surface area contributed by atoms with Crippen LogP contribution in [0.1, 0.15) is 18.5 Å². The maximum absolute atomic E-state index is 13.3. The molecule has 2 aromatic carbocycles. The van der Waals surface area contributed by atoms with E-state index in [4.69, 9.17) is 11.6 Å². The maximum atomic E-state index is 13.3. The lowest BCUT2D eigenvalue weighted by Crippen LogP contribution is -2.07. The topological polar surface area (TPSA) is 12.0 Å². The summed E-state index contributed by atoms with van der Waals surface area (Å²) in [5.41, 5.74) is 1.40. The van der Waals surface area contributed by atoms with Gasteiger partial charge in [-0.1, -0.05) is 23.7 Å². The Morgan fingerprint density at radius 1 is 1.11 bits per heavy atom. The molecule has 1 unspecified atom stereocenters. The Morgan fingerprint density at radius 3 is 2.56 bits per heavy atom. The monoisotopic (exact) mass is 267 g/mol. The molecule has 1 N–H and O–H groups in total. The molecule has 0 aliphatic heterocycles. The van der Waals surface area contributed by atoms with Gasteiger partial charge in [0.1, 0.15) is 11.6 Å². The molecule has 1 atom stereocenters. The number of nitrogens with one attached hydrogen (secondary N) is 1. The van der Waals surface area contributed by atoms with Crippen LogP contribution in [0.2, 0.25) is 5.02 Å². The first-order valence-corrected chi connectivity index (χ1v) is 5.91. The smallest absolute Gasteiger partial charge is 0.143 e. The Labute approximate surface area is 109 Å². The number of rotatable bonds is 3. The molecule has 4 heteroatoms. The molecule has 0 amide bonds. The first kappa shape index (κ1) is 12.8. The predicted molar refractivity (Wildman–Crippen MR) is 69.8 cm³/mol. The first-order chi connectivity index (χ1) is 8.56. The third-order valence-electron chi connectivity index (χ3n) is 2.65. The molecule has 0 fully saturated rings. The van der Waals surface area contributed by atoms with Crippen LogP contribution < -0.4 is 5.32 Å². The van der Waals surface area contributed by atoms with Crippen LogP contribution >= 0.6 is 11.6 Å². The fourth-order valence-electron chi connectivity index (χ4n) is 1.70. The van der Waals surface area contributed by atoms with Crippen molar-refractivity contribution in [1.82, 2.24) is 0 Å². The van der Waals surface area contributed by atoms with Gasteiger partial charge in [0.2, 0.25) is 0 Å². The van der Waals surface area contributed by atoms with Gasteiger partial charge in [-0.15, -0.1) is 0 Å². The van der Waals surface area contributed by atoms with Crippen LogP contribution in [0.4, 0.5) is 14.5 Å². The van der Waals surface area contributed by atoms with Crippen LogP contribution in [-0.4, -0.2) is 0 Å². The third-order valence-corrected chi connectivity index (χ3v) is 2.96. The number of benzene rings is 2. The first-order valence-electron chi connectivity index (χ1n) is 5.53. The molecule has 0 saturated carbocycles. The van der Waals surface area contributed by atoms with Gasteiger partial charge in [-0.25, -0.2) is 8.78 Å². The number of hydrogen-bond donors (Lipinski definition) is 1. The van der Waals surface area contributed by atoms with E-state index in [0.717, 1.165) is 5.56 Å². The Balaban J connectivity index is 2.16. The van der Waals surface area contributed by atoms with E-state index in [0.29, 0.717) is 5.69 Å². The summed E-state index contributed by atoms with van der Waals surface area (Å²) in [5.74, 6) is -0.767. The standard InChI is InChI=1S/C14H12ClF2N/c1-9(10-3-2-4-11(16)7-10)18-12-5-6-13(15)14(17)8-12/h2-9,18H,1H3. The van der Waals surface area contributed by atoms with Gasteiger partial charge >= 0.3 is 0 Å². The molecule has 94 valence electrons. The highest BCUT2D eigenvalue weighted by molar-refractivity contribution is 6.30. The Bertz CT molecular complexity index is 557. The second-order valence-electron chi connectivity index (χ2n) is 4.05. The van der Waals surface area contributed by atoms with Crippen molar-refractivity contribution >= 4 is 17.3 Å². The number of halogens is 3. The normalized spacial score (nSPS) is 12.2. The molecule has 18 heavy (non-hydrogen) atoms. The highest BCUT2D eigenvalue weighted by atomic mass is 35.5. The Kier molecular flexibility index (Phi) is 3.82. The van der Waals surface area contributed by atoms with Gasteiger partial charge in [0, 0.05) is 11.7 Å². The average Bonchev–Trinajstić information content (AvgIpc) is 2.34. The van der Waals surface area contributed by atoms with Crippen molar-refractivity contribution in [1.29, 1.82) is 0 Å². The van der Waals surface area contributed by atoms with E-state index in [1.165, 1.54) is 24.3 Å². The minimum Gasteiger partial charge on any atom is -0.378 e. The van der Waals surface area contributed by atoms with Gasteiger partial charge in [-0.2, -0.15) is 0 Å². The summed E-state index contributed by atoms with van der Waals surface area (Å²) in [7, 11) is 0. The Morgan fingerprint density at radius 2 is 1.89 bits per heavy atom. The van der Waals surface area contributed by atoms with Crippen molar-refractivity contribution in [2.75, 3.05) is 5.32 Å². The Hall–Kier alpha value is -1.61. The fraction of sp³-hybridized carbons (Fsp3) is 0.143. The van der Waals surface area contributed by atoms with E-state index in [-0.39, 0.29) is 16.9 Å². The summed E-state index contributed by atoms with van der Waals surface area (Å²) in [6, 6.07) is 10.7. The average molecular weight is 268 g/mol. The molecule has 0 saturated heterocycles. The highest BCUT2D eigenvalue weighted by Crippen LogP contribution is 2.23. The SMILES string of the molecule is CC(Nc1ccc(Cl)c(F)c1)c1cccc(F)c1. The maximum Gasteiger partial charge on any atom is 0.143 e. The van der Waals surface area contributed by atoms with Crippen LogP contribution in [0.5, 0.6) is 0 Å². The van der Waals surface area contributed by atoms with Gasteiger partial charge in [-0.05, 0) is 42.8 Å². The molecule has 2 rings (SSSR count). The van der Waals surface area contributed by atoms with E-state index in [9.17, 15) is 8.78 Å². The van der Waals surface area contributed by atoms with E-state index in [1.54, 1.807) is 12.1 Å². The van der Waals surface area contributed by atoms with Crippen molar-refractivity contribution in [3.05, 3.63) is 64.7 Å². The lowest BCUT2D eigenvalue weighted by atomic mass is 10.1. The minimum absolute atomic E-state index is 0.0824. The quantitative estimate of drug-likeness (QED) is 0.843. The van der Waals surface area contributed by atoms with Crippen LogP contribution in [0.3, 0.4) is 0 Å². The highest BCUT2D eigenvalue weighted by Gasteiger charge is 2.07. The molecular weight excluding hydrogens is 256 g/mol. The van der Waals surface area contributed by atoms with Crippen molar-refractivity contribution in [3.63, 3.8) is 0 Å². The van der Waals surface area contributed by atoms with Crippen molar-refractivity contribution < 1.29 is 8.78 Å². The molecule has 0 aromatic heterocycles. The van der Waals surface area contributed by atoms with Gasteiger partial charge in [0.25, 0.3) is 0 Å². The minimum atomic E-state index is -0.479. The van der Waals surface area contributed by atoms with Crippen molar-refractivity contribution in [3.8, 4) is 0 Å². The third kappa shape index (κ3) is 2.99. The van der Waals surface area contributed by atoms with Gasteiger partial charge in [0.05, 0.1) is 5.02 Å². The lowest BCUT2D eigenvalue weighted by molar-refractivity contribution is 0.623. The largest absolute Gasteiger partial charge is 0.378 e. The molecule has 1 nitrogen and oxygen atoms in total. The van der Waals surface area contributed by atoms with Crippen LogP contribution in [0, 0.1) is 11.6 Å². The van der Waals surface area contributed by atoms with E-state index < -0.39 is 5.82 Å². The van der Waals surface area contributed by atoms with Gasteiger partial charge < -0.3 is 5.32 Å². The summed E-state index contributed by atoms with van der Waals surface area (Å²) in [6.07, 6.45) is 0. The zero-order valence-corrected chi connectivity index (χ0v) is 10.5. The van der Waals surface area contributed by atoms with Crippen molar-refractivity contribution in [2.24, 2.45) is 0 Å². The summed E-state index contributed by atoms with van der Waals surface area (Å²) >= 11 is 5.60. The van der Waals surface area contributed by atoms with Crippen LogP contribution in [0.15, 0.2) is 42.5 Å². The van der Waals surface area contributed by atoms with Gasteiger partial charge in [0.15, 0.2) is 0 Å². The van der Waals surface area contributed by atoms with E-state index in [1.807, 2.05) is 13.0 Å². The van der Waals surface area contributed by atoms with Crippen LogP contribution in [0.25, 0.3) is 0 Å². The lowest BCUT2D eigenvalue weighted by Gasteiger charge is -2.16. The molecule has 0 aliphatic rings. The summed E-state index contributed by atoms with van der Waals surface area (Å²) in [4.78, 5) is 0. The van der Waals surface area contributed by atoms with Crippen LogP contribution in [-0.2, 0) is 0 Å². The van der Waals surface area contributed by atoms with E-state index >= 15 is 0 Å². The number of anilines is 1. The van der Waals surface area contributed by atoms with E-state index in [2.05, 4.69) is 5.32 Å². The summed E-state index contributed by atoms with van der Waals surface area (Å²) < 4.78 is 26.3. The molecule has 0 radical (unpaired) electrons. The summed E-state index contributed by atoms with van der Waals surface area (Å²) in [6.45, 7) is 1.88. The molecule has 0 aliphatic carbocycles. The second-order valence-corrected chi connectivity index (χ2v) is 4.46. The molecule has 0 spiro atoms.